The molecule has 0 fully saturated rings. The zero-order valence-electron chi connectivity index (χ0n) is 13.4. The minimum absolute atomic E-state index is 0.00387. The Morgan fingerprint density at radius 3 is 2.54 bits per heavy atom. The molecule has 3 aromatic rings. The molecule has 120 valence electrons. The topological polar surface area (TPSA) is 25.2 Å². The molecule has 24 heavy (non-hydrogen) atoms. The van der Waals surface area contributed by atoms with Crippen LogP contribution in [-0.4, -0.2) is 10.5 Å². The Morgan fingerprint density at radius 1 is 1.00 bits per heavy atom. The van der Waals surface area contributed by atoms with E-state index in [1.165, 1.54) is 16.8 Å². The van der Waals surface area contributed by atoms with Gasteiger partial charge in [-0.2, -0.15) is 0 Å². The van der Waals surface area contributed by atoms with Crippen LogP contribution < -0.4 is 4.90 Å². The molecule has 4 heteroatoms. The molecular formula is C20H17ClN2O. The van der Waals surface area contributed by atoms with E-state index in [-0.39, 0.29) is 5.91 Å². The number of hydrogen-bond acceptors (Lipinski definition) is 1. The van der Waals surface area contributed by atoms with Crippen LogP contribution >= 0.6 is 11.6 Å². The van der Waals surface area contributed by atoms with Crippen molar-refractivity contribution in [3.63, 3.8) is 0 Å². The van der Waals surface area contributed by atoms with Gasteiger partial charge in [0.15, 0.2) is 0 Å². The number of nitrogens with zero attached hydrogens (tertiary/aromatic N) is 2. The average molecular weight is 337 g/mol. The molecule has 0 bridgehead atoms. The molecule has 0 saturated carbocycles. The zero-order valence-corrected chi connectivity index (χ0v) is 14.1. The lowest BCUT2D eigenvalue weighted by Gasteiger charge is -2.23. The van der Waals surface area contributed by atoms with Crippen LogP contribution in [0.4, 0.5) is 5.69 Å². The highest BCUT2D eigenvalue weighted by molar-refractivity contribution is 6.30. The molecule has 0 unspecified atom stereocenters. The lowest BCUT2D eigenvalue weighted by Crippen LogP contribution is -2.30. The van der Waals surface area contributed by atoms with Crippen molar-refractivity contribution in [3.05, 3.63) is 88.2 Å². The number of aromatic nitrogens is 1. The summed E-state index contributed by atoms with van der Waals surface area (Å²) in [6, 6.07) is 17.3. The molecular weight excluding hydrogens is 320 g/mol. The number of amides is 1. The summed E-state index contributed by atoms with van der Waals surface area (Å²) in [5, 5.41) is 0.633. The van der Waals surface area contributed by atoms with E-state index in [0.717, 1.165) is 12.1 Å². The van der Waals surface area contributed by atoms with Crippen molar-refractivity contribution in [2.45, 2.75) is 13.0 Å². The van der Waals surface area contributed by atoms with Gasteiger partial charge < -0.3 is 9.47 Å². The molecule has 4 rings (SSSR count). The third-order valence-electron chi connectivity index (χ3n) is 4.60. The Morgan fingerprint density at radius 2 is 1.75 bits per heavy atom. The third-order valence-corrected chi connectivity index (χ3v) is 4.85. The van der Waals surface area contributed by atoms with E-state index in [4.69, 9.17) is 11.6 Å². The Balaban J connectivity index is 1.81. The first-order valence-electron chi connectivity index (χ1n) is 7.92. The van der Waals surface area contributed by atoms with Crippen LogP contribution in [0.5, 0.6) is 0 Å². The minimum Gasteiger partial charge on any atom is -0.354 e. The molecule has 2 heterocycles. The van der Waals surface area contributed by atoms with Crippen molar-refractivity contribution in [3.8, 4) is 0 Å². The highest BCUT2D eigenvalue weighted by Crippen LogP contribution is 2.32. The molecule has 2 aromatic carbocycles. The van der Waals surface area contributed by atoms with Crippen LogP contribution in [0.3, 0.4) is 0 Å². The molecule has 1 aromatic heterocycles. The van der Waals surface area contributed by atoms with Crippen molar-refractivity contribution in [1.82, 2.24) is 4.57 Å². The van der Waals surface area contributed by atoms with Crippen LogP contribution in [0.25, 0.3) is 0 Å². The molecule has 1 aliphatic rings. The number of rotatable bonds is 1. The van der Waals surface area contributed by atoms with Gasteiger partial charge in [0.25, 0.3) is 5.91 Å². The summed E-state index contributed by atoms with van der Waals surface area (Å²) < 4.78 is 2.14. The Labute approximate surface area is 146 Å². The second-order valence-corrected chi connectivity index (χ2v) is 6.54. The van der Waals surface area contributed by atoms with E-state index < -0.39 is 0 Å². The third kappa shape index (κ3) is 2.51. The number of benzene rings is 2. The van der Waals surface area contributed by atoms with Crippen LogP contribution in [0.2, 0.25) is 5.02 Å². The molecule has 0 radical (unpaired) electrons. The summed E-state index contributed by atoms with van der Waals surface area (Å²) in [4.78, 5) is 15.0. The predicted molar refractivity (Wildman–Crippen MR) is 96.6 cm³/mol. The zero-order chi connectivity index (χ0) is 16.7. The highest BCUT2D eigenvalue weighted by Gasteiger charge is 2.25. The number of para-hydroxylation sites is 1. The monoisotopic (exact) mass is 336 g/mol. The van der Waals surface area contributed by atoms with Gasteiger partial charge in [-0.25, -0.2) is 0 Å². The van der Waals surface area contributed by atoms with Crippen molar-refractivity contribution >= 4 is 23.2 Å². The first-order valence-corrected chi connectivity index (χ1v) is 8.29. The highest BCUT2D eigenvalue weighted by atomic mass is 35.5. The van der Waals surface area contributed by atoms with Gasteiger partial charge in [-0.1, -0.05) is 29.8 Å². The molecule has 0 aliphatic carbocycles. The minimum atomic E-state index is -0.00387. The second kappa shape index (κ2) is 5.84. The van der Waals surface area contributed by atoms with Gasteiger partial charge in [0.1, 0.15) is 0 Å². The SMILES string of the molecule is Cn1ccc2c1Cc1ccccc1N(C(=O)c1ccc(Cl)cc1)C2. The van der Waals surface area contributed by atoms with Gasteiger partial charge in [-0.05, 0) is 47.5 Å². The van der Waals surface area contributed by atoms with E-state index in [1.807, 2.05) is 23.1 Å². The molecule has 1 amide bonds. The number of hydrogen-bond donors (Lipinski definition) is 0. The molecule has 0 saturated heterocycles. The van der Waals surface area contributed by atoms with Gasteiger partial charge in [0.2, 0.25) is 0 Å². The van der Waals surface area contributed by atoms with E-state index >= 15 is 0 Å². The van der Waals surface area contributed by atoms with Crippen LogP contribution in [0.15, 0.2) is 60.8 Å². The quantitative estimate of drug-likeness (QED) is 0.645. The molecule has 0 spiro atoms. The molecule has 1 aliphatic heterocycles. The fourth-order valence-electron chi connectivity index (χ4n) is 3.29. The first-order chi connectivity index (χ1) is 11.6. The smallest absolute Gasteiger partial charge is 0.258 e. The lowest BCUT2D eigenvalue weighted by molar-refractivity contribution is 0.0985. The lowest BCUT2D eigenvalue weighted by atomic mass is 10.1. The van der Waals surface area contributed by atoms with Gasteiger partial charge >= 0.3 is 0 Å². The van der Waals surface area contributed by atoms with Gasteiger partial charge in [0.05, 0.1) is 6.54 Å². The second-order valence-electron chi connectivity index (χ2n) is 6.10. The van der Waals surface area contributed by atoms with Crippen molar-refractivity contribution < 1.29 is 4.79 Å². The van der Waals surface area contributed by atoms with E-state index in [2.05, 4.69) is 29.9 Å². The Bertz CT molecular complexity index is 912. The Kier molecular flexibility index (Phi) is 3.66. The summed E-state index contributed by atoms with van der Waals surface area (Å²) in [6.07, 6.45) is 2.89. The fraction of sp³-hybridized carbons (Fsp3) is 0.150. The summed E-state index contributed by atoms with van der Waals surface area (Å²) >= 11 is 5.95. The van der Waals surface area contributed by atoms with Gasteiger partial charge in [-0.3, -0.25) is 4.79 Å². The van der Waals surface area contributed by atoms with Crippen molar-refractivity contribution in [2.24, 2.45) is 7.05 Å². The maximum absolute atomic E-state index is 13.1. The number of aryl methyl sites for hydroxylation is 1. The van der Waals surface area contributed by atoms with Crippen molar-refractivity contribution in [1.29, 1.82) is 0 Å². The summed E-state index contributed by atoms with van der Waals surface area (Å²) in [7, 11) is 2.05. The Hall–Kier alpha value is -2.52. The largest absolute Gasteiger partial charge is 0.354 e. The number of carbonyl (C=O) groups excluding carboxylic acids is 1. The standard InChI is InChI=1S/C20H17ClN2O/c1-22-11-10-16-13-23(20(24)14-6-8-17(21)9-7-14)18-5-3-2-4-15(18)12-19(16)22/h2-11H,12-13H2,1H3. The normalized spacial score (nSPS) is 13.2. The maximum Gasteiger partial charge on any atom is 0.258 e. The number of fused-ring (bicyclic) bond motifs is 2. The maximum atomic E-state index is 13.1. The van der Waals surface area contributed by atoms with E-state index in [0.29, 0.717) is 17.1 Å². The van der Waals surface area contributed by atoms with Crippen LogP contribution in [0.1, 0.15) is 27.2 Å². The molecule has 0 N–H and O–H groups in total. The molecule has 0 atom stereocenters. The summed E-state index contributed by atoms with van der Waals surface area (Å²) in [5.74, 6) is -0.00387. The first kappa shape index (κ1) is 15.0. The summed E-state index contributed by atoms with van der Waals surface area (Å²) in [5.41, 5.74) is 5.24. The number of anilines is 1. The number of halogens is 1. The summed E-state index contributed by atoms with van der Waals surface area (Å²) in [6.45, 7) is 0.578. The van der Waals surface area contributed by atoms with E-state index in [9.17, 15) is 4.79 Å². The van der Waals surface area contributed by atoms with Gasteiger partial charge in [0, 0.05) is 41.6 Å². The van der Waals surface area contributed by atoms with Crippen molar-refractivity contribution in [2.75, 3.05) is 4.90 Å². The number of carbonyl (C=O) groups is 1. The average Bonchev–Trinajstić information content (AvgIpc) is 2.85. The fourth-order valence-corrected chi connectivity index (χ4v) is 3.41. The van der Waals surface area contributed by atoms with E-state index in [1.54, 1.807) is 24.3 Å². The molecule has 3 nitrogen and oxygen atoms in total. The van der Waals surface area contributed by atoms with Gasteiger partial charge in [-0.15, -0.1) is 0 Å². The van der Waals surface area contributed by atoms with Crippen LogP contribution in [-0.2, 0) is 20.0 Å². The van der Waals surface area contributed by atoms with Crippen LogP contribution in [0, 0.1) is 0 Å². The predicted octanol–water partition coefficient (Wildman–Crippen LogP) is 4.43.